The fraction of sp³-hybridized carbons (Fsp3) is 0.462. The Balaban J connectivity index is 3.15. The largest absolute Gasteiger partial charge is 0.496 e. The van der Waals surface area contributed by atoms with Crippen molar-refractivity contribution in [2.24, 2.45) is 5.92 Å². The van der Waals surface area contributed by atoms with E-state index in [1.165, 1.54) is 26.4 Å². The molecule has 0 radical (unpaired) electrons. The fourth-order valence-electron chi connectivity index (χ4n) is 1.76. The molecule has 0 aliphatic rings. The number of rotatable bonds is 6. The third-order valence-corrected chi connectivity index (χ3v) is 2.72. The first-order valence-corrected chi connectivity index (χ1v) is 5.56. The Hall–Kier alpha value is -1.62. The molecule has 1 N–H and O–H groups in total. The Kier molecular flexibility index (Phi) is 5.09. The number of methoxy groups -OCH3 is 2. The molecule has 1 atom stereocenters. The average molecular weight is 256 g/mol. The van der Waals surface area contributed by atoms with Gasteiger partial charge in [0.2, 0.25) is 0 Å². The van der Waals surface area contributed by atoms with Crippen molar-refractivity contribution in [1.29, 1.82) is 0 Å². The summed E-state index contributed by atoms with van der Waals surface area (Å²) >= 11 is 0. The van der Waals surface area contributed by atoms with Crippen LogP contribution in [0.4, 0.5) is 4.39 Å². The van der Waals surface area contributed by atoms with Crippen molar-refractivity contribution in [3.63, 3.8) is 0 Å². The lowest BCUT2D eigenvalue weighted by atomic mass is 9.96. The molecule has 18 heavy (non-hydrogen) atoms. The Bertz CT molecular complexity index is 431. The van der Waals surface area contributed by atoms with Crippen molar-refractivity contribution >= 4 is 5.97 Å². The molecule has 0 aliphatic heterocycles. The third kappa shape index (κ3) is 3.43. The molecule has 1 aromatic carbocycles. The lowest BCUT2D eigenvalue weighted by Crippen LogP contribution is -2.14. The van der Waals surface area contributed by atoms with E-state index in [0.29, 0.717) is 16.9 Å². The minimum absolute atomic E-state index is 0.218. The maximum atomic E-state index is 13.4. The normalized spacial score (nSPS) is 12.2. The summed E-state index contributed by atoms with van der Waals surface area (Å²) in [5.41, 5.74) is 1.29. The summed E-state index contributed by atoms with van der Waals surface area (Å²) in [5, 5.41) is 8.94. The fourth-order valence-corrected chi connectivity index (χ4v) is 1.76. The molecule has 0 aromatic heterocycles. The van der Waals surface area contributed by atoms with Crippen LogP contribution in [0, 0.1) is 11.7 Å². The topological polar surface area (TPSA) is 55.8 Å². The smallest absolute Gasteiger partial charge is 0.306 e. The van der Waals surface area contributed by atoms with E-state index in [1.54, 1.807) is 6.92 Å². The van der Waals surface area contributed by atoms with Crippen molar-refractivity contribution in [3.8, 4) is 5.75 Å². The van der Waals surface area contributed by atoms with Crippen molar-refractivity contribution < 1.29 is 23.8 Å². The maximum absolute atomic E-state index is 13.4. The summed E-state index contributed by atoms with van der Waals surface area (Å²) in [5.74, 6) is -1.54. The molecular weight excluding hydrogens is 239 g/mol. The van der Waals surface area contributed by atoms with Crippen molar-refractivity contribution in [1.82, 2.24) is 0 Å². The lowest BCUT2D eigenvalue weighted by Gasteiger charge is -2.15. The molecule has 0 heterocycles. The molecule has 100 valence electrons. The zero-order chi connectivity index (χ0) is 13.7. The van der Waals surface area contributed by atoms with Crippen LogP contribution in [-0.4, -0.2) is 25.3 Å². The van der Waals surface area contributed by atoms with Gasteiger partial charge in [-0.15, -0.1) is 0 Å². The van der Waals surface area contributed by atoms with Gasteiger partial charge in [0.15, 0.2) is 0 Å². The van der Waals surface area contributed by atoms with Crippen LogP contribution in [-0.2, 0) is 22.6 Å². The average Bonchev–Trinajstić information content (AvgIpc) is 2.31. The van der Waals surface area contributed by atoms with Crippen LogP contribution in [0.3, 0.4) is 0 Å². The molecule has 1 aromatic rings. The summed E-state index contributed by atoms with van der Waals surface area (Å²) in [4.78, 5) is 10.9. The first kappa shape index (κ1) is 14.4. The Labute approximate surface area is 105 Å². The van der Waals surface area contributed by atoms with Crippen molar-refractivity contribution in [3.05, 3.63) is 29.1 Å². The zero-order valence-corrected chi connectivity index (χ0v) is 10.7. The van der Waals surface area contributed by atoms with E-state index in [9.17, 15) is 9.18 Å². The molecule has 0 amide bonds. The van der Waals surface area contributed by atoms with Crippen LogP contribution >= 0.6 is 0 Å². The highest BCUT2D eigenvalue weighted by molar-refractivity contribution is 5.70. The second-order valence-electron chi connectivity index (χ2n) is 4.12. The second kappa shape index (κ2) is 6.35. The highest BCUT2D eigenvalue weighted by Gasteiger charge is 2.18. The summed E-state index contributed by atoms with van der Waals surface area (Å²) < 4.78 is 23.5. The molecular formula is C13H17FO4. The van der Waals surface area contributed by atoms with Gasteiger partial charge in [-0.2, -0.15) is 0 Å². The Morgan fingerprint density at radius 1 is 1.44 bits per heavy atom. The molecule has 0 spiro atoms. The summed E-state index contributed by atoms with van der Waals surface area (Å²) in [6, 6.07) is 2.60. The first-order chi connectivity index (χ1) is 8.49. The summed E-state index contributed by atoms with van der Waals surface area (Å²) in [6.45, 7) is 1.82. The van der Waals surface area contributed by atoms with E-state index in [1.807, 2.05) is 0 Å². The van der Waals surface area contributed by atoms with Gasteiger partial charge in [-0.25, -0.2) is 4.39 Å². The minimum Gasteiger partial charge on any atom is -0.496 e. The second-order valence-corrected chi connectivity index (χ2v) is 4.12. The van der Waals surface area contributed by atoms with Crippen LogP contribution in [0.15, 0.2) is 12.1 Å². The highest BCUT2D eigenvalue weighted by atomic mass is 19.1. The zero-order valence-electron chi connectivity index (χ0n) is 10.7. The van der Waals surface area contributed by atoms with Crippen molar-refractivity contribution in [2.75, 3.05) is 14.2 Å². The number of halogens is 1. The predicted molar refractivity (Wildman–Crippen MR) is 64.2 cm³/mol. The van der Waals surface area contributed by atoms with Gasteiger partial charge < -0.3 is 14.6 Å². The minimum atomic E-state index is -0.898. The molecule has 1 rings (SSSR count). The van der Waals surface area contributed by atoms with Gasteiger partial charge in [0.25, 0.3) is 0 Å². The van der Waals surface area contributed by atoms with E-state index in [2.05, 4.69) is 0 Å². The summed E-state index contributed by atoms with van der Waals surface area (Å²) in [6.07, 6.45) is 0.275. The number of carboxylic acids is 1. The van der Waals surface area contributed by atoms with Gasteiger partial charge in [0.05, 0.1) is 19.6 Å². The number of ether oxygens (including phenoxy) is 2. The Morgan fingerprint density at radius 2 is 2.11 bits per heavy atom. The third-order valence-electron chi connectivity index (χ3n) is 2.72. The number of carboxylic acid groups (broad SMARTS) is 1. The lowest BCUT2D eigenvalue weighted by molar-refractivity contribution is -0.141. The quantitative estimate of drug-likeness (QED) is 0.848. The number of hydrogen-bond acceptors (Lipinski definition) is 3. The van der Waals surface area contributed by atoms with Gasteiger partial charge in [0, 0.05) is 18.7 Å². The number of carbonyl (C=O) groups is 1. The van der Waals surface area contributed by atoms with Gasteiger partial charge in [0.1, 0.15) is 11.6 Å². The molecule has 4 nitrogen and oxygen atoms in total. The van der Waals surface area contributed by atoms with E-state index >= 15 is 0 Å². The molecule has 0 bridgehead atoms. The van der Waals surface area contributed by atoms with Crippen LogP contribution < -0.4 is 4.74 Å². The van der Waals surface area contributed by atoms with Gasteiger partial charge in [-0.05, 0) is 18.1 Å². The molecule has 1 unspecified atom stereocenters. The first-order valence-electron chi connectivity index (χ1n) is 5.56. The molecule has 0 aliphatic carbocycles. The van der Waals surface area contributed by atoms with Crippen LogP contribution in [0.25, 0.3) is 0 Å². The van der Waals surface area contributed by atoms with Gasteiger partial charge in [-0.1, -0.05) is 6.92 Å². The number of hydrogen-bond donors (Lipinski definition) is 1. The van der Waals surface area contributed by atoms with Crippen LogP contribution in [0.2, 0.25) is 0 Å². The number of aliphatic carboxylic acids is 1. The molecule has 0 saturated carbocycles. The number of benzene rings is 1. The molecule has 5 heteroatoms. The van der Waals surface area contributed by atoms with Crippen LogP contribution in [0.1, 0.15) is 18.1 Å². The van der Waals surface area contributed by atoms with Gasteiger partial charge >= 0.3 is 5.97 Å². The van der Waals surface area contributed by atoms with E-state index < -0.39 is 17.7 Å². The standard InChI is InChI=1S/C13H17FO4/c1-8(13(15)16)4-11-9(7-17-2)5-10(14)6-12(11)18-3/h5-6,8H,4,7H2,1-3H3,(H,15,16). The molecule has 0 saturated heterocycles. The van der Waals surface area contributed by atoms with Gasteiger partial charge in [-0.3, -0.25) is 4.79 Å². The van der Waals surface area contributed by atoms with E-state index in [0.717, 1.165) is 0 Å². The van der Waals surface area contributed by atoms with E-state index in [-0.39, 0.29) is 13.0 Å². The molecule has 0 fully saturated rings. The van der Waals surface area contributed by atoms with Crippen molar-refractivity contribution in [2.45, 2.75) is 20.0 Å². The predicted octanol–water partition coefficient (Wildman–Crippen LogP) is 2.24. The Morgan fingerprint density at radius 3 is 2.61 bits per heavy atom. The van der Waals surface area contributed by atoms with E-state index in [4.69, 9.17) is 14.6 Å². The highest BCUT2D eigenvalue weighted by Crippen LogP contribution is 2.27. The monoisotopic (exact) mass is 256 g/mol. The summed E-state index contributed by atoms with van der Waals surface area (Å²) in [7, 11) is 2.93. The SMILES string of the molecule is COCc1cc(F)cc(OC)c1CC(C)C(=O)O. The maximum Gasteiger partial charge on any atom is 0.306 e. The van der Waals surface area contributed by atoms with Crippen LogP contribution in [0.5, 0.6) is 5.75 Å².